The standard InChI is InChI=1S/C24H34N4O3S/c1-27(13-11-21-5-3-4-12-25-21)17-20-18-28-14-10-19(20)15-22(28)16-26-32(29,30)24-8-6-23(31-2)7-9-24/h3-9,12,19-20,22,26H,10-11,13-18H2,1-2H3/t19-,20+,22+/m0/s1. The Kier molecular flexibility index (Phi) is 7.45. The summed E-state index contributed by atoms with van der Waals surface area (Å²) in [5, 5.41) is 0. The number of nitrogens with zero attached hydrogens (tertiary/aromatic N) is 3. The minimum Gasteiger partial charge on any atom is -0.497 e. The Labute approximate surface area is 191 Å². The molecule has 4 atom stereocenters. The molecule has 4 heterocycles. The quantitative estimate of drug-likeness (QED) is 0.589. The zero-order chi connectivity index (χ0) is 22.6. The lowest BCUT2D eigenvalue weighted by molar-refractivity contribution is -0.00735. The second-order valence-electron chi connectivity index (χ2n) is 9.05. The molecule has 1 N–H and O–H groups in total. The van der Waals surface area contributed by atoms with E-state index in [-0.39, 0.29) is 10.9 Å². The van der Waals surface area contributed by atoms with Crippen LogP contribution in [0, 0.1) is 11.8 Å². The second kappa shape index (κ2) is 10.3. The highest BCUT2D eigenvalue weighted by atomic mass is 32.2. The lowest BCUT2D eigenvalue weighted by Crippen LogP contribution is -2.58. The monoisotopic (exact) mass is 458 g/mol. The molecule has 0 aliphatic carbocycles. The summed E-state index contributed by atoms with van der Waals surface area (Å²) in [6, 6.07) is 12.9. The van der Waals surface area contributed by atoms with E-state index in [1.807, 2.05) is 18.3 Å². The Hall–Kier alpha value is -2.00. The number of pyridine rings is 1. The largest absolute Gasteiger partial charge is 0.497 e. The molecule has 3 saturated heterocycles. The molecule has 3 fully saturated rings. The highest BCUT2D eigenvalue weighted by molar-refractivity contribution is 7.89. The Morgan fingerprint density at radius 1 is 1.22 bits per heavy atom. The van der Waals surface area contributed by atoms with Crippen LogP contribution in [0.15, 0.2) is 53.6 Å². The summed E-state index contributed by atoms with van der Waals surface area (Å²) in [7, 11) is 0.251. The Morgan fingerprint density at radius 2 is 2.03 bits per heavy atom. The second-order valence-corrected chi connectivity index (χ2v) is 10.8. The first-order valence-corrected chi connectivity index (χ1v) is 12.9. The van der Waals surface area contributed by atoms with Crippen LogP contribution in [0.2, 0.25) is 0 Å². The van der Waals surface area contributed by atoms with E-state index >= 15 is 0 Å². The van der Waals surface area contributed by atoms with Crippen LogP contribution in [-0.4, -0.2) is 76.1 Å². The maximum absolute atomic E-state index is 12.7. The Balaban J connectivity index is 1.26. The van der Waals surface area contributed by atoms with Gasteiger partial charge in [0.15, 0.2) is 0 Å². The zero-order valence-corrected chi connectivity index (χ0v) is 19.8. The number of fused-ring (bicyclic) bond motifs is 3. The summed E-state index contributed by atoms with van der Waals surface area (Å²) in [4.78, 5) is 9.60. The Bertz CT molecular complexity index is 968. The fourth-order valence-corrected chi connectivity index (χ4v) is 6.13. The van der Waals surface area contributed by atoms with Gasteiger partial charge in [-0.3, -0.25) is 9.88 Å². The van der Waals surface area contributed by atoms with Crippen LogP contribution in [0.25, 0.3) is 0 Å². The van der Waals surface area contributed by atoms with E-state index in [0.717, 1.165) is 44.7 Å². The molecule has 3 aliphatic heterocycles. The lowest BCUT2D eigenvalue weighted by Gasteiger charge is -2.50. The third-order valence-electron chi connectivity index (χ3n) is 6.91. The van der Waals surface area contributed by atoms with Crippen LogP contribution in [-0.2, 0) is 16.4 Å². The molecule has 1 unspecified atom stereocenters. The van der Waals surface area contributed by atoms with Crippen molar-refractivity contribution in [2.75, 3.05) is 46.9 Å². The number of benzene rings is 1. The minimum atomic E-state index is -3.51. The molecule has 8 heteroatoms. The van der Waals surface area contributed by atoms with Crippen molar-refractivity contribution in [1.29, 1.82) is 0 Å². The van der Waals surface area contributed by atoms with Gasteiger partial charge >= 0.3 is 0 Å². The van der Waals surface area contributed by atoms with Gasteiger partial charge < -0.3 is 9.64 Å². The van der Waals surface area contributed by atoms with Gasteiger partial charge in [-0.2, -0.15) is 0 Å². The number of nitrogens with one attached hydrogen (secondary N) is 1. The fourth-order valence-electron chi connectivity index (χ4n) is 5.06. The molecule has 5 rings (SSSR count). The predicted molar refractivity (Wildman–Crippen MR) is 125 cm³/mol. The van der Waals surface area contributed by atoms with Gasteiger partial charge in [0.25, 0.3) is 0 Å². The van der Waals surface area contributed by atoms with Crippen molar-refractivity contribution >= 4 is 10.0 Å². The van der Waals surface area contributed by atoms with E-state index in [1.165, 1.54) is 6.42 Å². The van der Waals surface area contributed by atoms with Crippen molar-refractivity contribution in [3.05, 3.63) is 54.4 Å². The number of hydrogen-bond acceptors (Lipinski definition) is 6. The molecule has 1 aromatic carbocycles. The number of ether oxygens (including phenoxy) is 1. The summed E-state index contributed by atoms with van der Waals surface area (Å²) in [5.41, 5.74) is 1.14. The van der Waals surface area contributed by atoms with Gasteiger partial charge in [0.1, 0.15) is 5.75 Å². The molecular formula is C24H34N4O3S. The van der Waals surface area contributed by atoms with Crippen molar-refractivity contribution in [1.82, 2.24) is 19.5 Å². The van der Waals surface area contributed by atoms with Crippen molar-refractivity contribution in [2.45, 2.75) is 30.2 Å². The number of piperidine rings is 3. The van der Waals surface area contributed by atoms with Crippen LogP contribution >= 0.6 is 0 Å². The molecule has 32 heavy (non-hydrogen) atoms. The van der Waals surface area contributed by atoms with E-state index in [9.17, 15) is 8.42 Å². The van der Waals surface area contributed by atoms with Crippen LogP contribution in [0.3, 0.4) is 0 Å². The first kappa shape index (κ1) is 23.2. The van der Waals surface area contributed by atoms with Crippen LogP contribution in [0.1, 0.15) is 18.5 Å². The van der Waals surface area contributed by atoms with Crippen molar-refractivity contribution < 1.29 is 13.2 Å². The van der Waals surface area contributed by atoms with Crippen LogP contribution < -0.4 is 9.46 Å². The van der Waals surface area contributed by atoms with E-state index in [2.05, 4.69) is 32.6 Å². The maximum Gasteiger partial charge on any atom is 0.240 e. The molecular weight excluding hydrogens is 424 g/mol. The van der Waals surface area contributed by atoms with Gasteiger partial charge in [-0.05, 0) is 74.7 Å². The number of rotatable bonds is 10. The molecule has 2 aromatic rings. The van der Waals surface area contributed by atoms with E-state index < -0.39 is 10.0 Å². The number of hydrogen-bond donors (Lipinski definition) is 1. The summed E-state index contributed by atoms with van der Waals surface area (Å²) >= 11 is 0. The average molecular weight is 459 g/mol. The molecule has 0 radical (unpaired) electrons. The molecule has 174 valence electrons. The molecule has 1 aromatic heterocycles. The highest BCUT2D eigenvalue weighted by Crippen LogP contribution is 2.36. The van der Waals surface area contributed by atoms with E-state index in [1.54, 1.807) is 31.4 Å². The maximum atomic E-state index is 12.7. The average Bonchev–Trinajstić information content (AvgIpc) is 2.83. The van der Waals surface area contributed by atoms with Gasteiger partial charge in [-0.25, -0.2) is 13.1 Å². The smallest absolute Gasteiger partial charge is 0.240 e. The SMILES string of the molecule is COc1ccc(S(=O)(=O)NC[C@H]2C[C@@H]3CCN2C[C@H]3CN(C)CCc2ccccn2)cc1. The summed E-state index contributed by atoms with van der Waals surface area (Å²) in [6.45, 7) is 4.66. The molecule has 0 spiro atoms. The van der Waals surface area contributed by atoms with E-state index in [4.69, 9.17) is 4.74 Å². The van der Waals surface area contributed by atoms with Gasteiger partial charge in [-0.15, -0.1) is 0 Å². The number of aromatic nitrogens is 1. The predicted octanol–water partition coefficient (Wildman–Crippen LogP) is 2.25. The Morgan fingerprint density at radius 3 is 2.69 bits per heavy atom. The fraction of sp³-hybridized carbons (Fsp3) is 0.542. The third kappa shape index (κ3) is 5.67. The molecule has 2 bridgehead atoms. The normalized spacial score (nSPS) is 25.2. The van der Waals surface area contributed by atoms with Gasteiger partial charge in [0, 0.05) is 50.5 Å². The lowest BCUT2D eigenvalue weighted by atomic mass is 9.75. The van der Waals surface area contributed by atoms with Crippen molar-refractivity contribution in [2.24, 2.45) is 11.8 Å². The third-order valence-corrected chi connectivity index (χ3v) is 8.35. The van der Waals surface area contributed by atoms with Crippen LogP contribution in [0.5, 0.6) is 5.75 Å². The van der Waals surface area contributed by atoms with Gasteiger partial charge in [0.05, 0.1) is 12.0 Å². The summed E-state index contributed by atoms with van der Waals surface area (Å²) < 4.78 is 33.3. The zero-order valence-electron chi connectivity index (χ0n) is 19.0. The summed E-state index contributed by atoms with van der Waals surface area (Å²) in [5.74, 6) is 1.95. The topological polar surface area (TPSA) is 74.8 Å². The summed E-state index contributed by atoms with van der Waals surface area (Å²) in [6.07, 6.45) is 5.09. The van der Waals surface area contributed by atoms with Crippen LogP contribution in [0.4, 0.5) is 0 Å². The molecule has 3 aliphatic rings. The van der Waals surface area contributed by atoms with Gasteiger partial charge in [-0.1, -0.05) is 6.07 Å². The van der Waals surface area contributed by atoms with Crippen molar-refractivity contribution in [3.63, 3.8) is 0 Å². The number of methoxy groups -OCH3 is 1. The van der Waals surface area contributed by atoms with Crippen molar-refractivity contribution in [3.8, 4) is 5.75 Å². The minimum absolute atomic E-state index is 0.275. The molecule has 0 saturated carbocycles. The van der Waals surface area contributed by atoms with E-state index in [0.29, 0.717) is 24.1 Å². The first-order chi connectivity index (χ1) is 15.4. The number of sulfonamides is 1. The first-order valence-electron chi connectivity index (χ1n) is 11.4. The number of likely N-dealkylation sites (N-methyl/N-ethyl adjacent to an activating group) is 1. The van der Waals surface area contributed by atoms with Gasteiger partial charge in [0.2, 0.25) is 10.0 Å². The molecule has 0 amide bonds. The molecule has 7 nitrogen and oxygen atoms in total. The highest BCUT2D eigenvalue weighted by Gasteiger charge is 2.40.